The second-order valence-electron chi connectivity index (χ2n) is 7.51. The predicted octanol–water partition coefficient (Wildman–Crippen LogP) is 5.26. The molecule has 8 heteroatoms. The molecule has 3 rings (SSSR count). The first kappa shape index (κ1) is 25.5. The van der Waals surface area contributed by atoms with Crippen molar-refractivity contribution in [1.82, 2.24) is 5.32 Å². The lowest BCUT2D eigenvalue weighted by Gasteiger charge is -2.15. The fourth-order valence-corrected chi connectivity index (χ4v) is 3.81. The summed E-state index contributed by atoms with van der Waals surface area (Å²) in [4.78, 5) is 24.9. The van der Waals surface area contributed by atoms with Gasteiger partial charge in [-0.25, -0.2) is 0 Å². The number of hydrogen-bond donors (Lipinski definition) is 2. The summed E-state index contributed by atoms with van der Waals surface area (Å²) in [6.07, 6.45) is 1.46. The molecule has 0 fully saturated rings. The number of ether oxygens (including phenoxy) is 2. The van der Waals surface area contributed by atoms with Crippen molar-refractivity contribution in [3.05, 3.63) is 94.0 Å². The maximum absolute atomic E-state index is 12.7. The molecule has 0 saturated heterocycles. The van der Waals surface area contributed by atoms with E-state index in [-0.39, 0.29) is 24.1 Å². The van der Waals surface area contributed by atoms with E-state index in [0.29, 0.717) is 27.2 Å². The fraction of sp³-hybridized carbons (Fsp3) is 0.148. The van der Waals surface area contributed by atoms with Gasteiger partial charge in [0.05, 0.1) is 17.6 Å². The summed E-state index contributed by atoms with van der Waals surface area (Å²) in [6, 6.07) is 23.5. The van der Waals surface area contributed by atoms with Gasteiger partial charge in [0, 0.05) is 5.69 Å². The second-order valence-corrected chi connectivity index (χ2v) is 8.37. The van der Waals surface area contributed by atoms with Crippen LogP contribution < -0.4 is 20.1 Å². The highest BCUT2D eigenvalue weighted by molar-refractivity contribution is 9.10. The highest BCUT2D eigenvalue weighted by Gasteiger charge is 2.17. The number of benzene rings is 3. The van der Waals surface area contributed by atoms with Crippen molar-refractivity contribution >= 4 is 39.5 Å². The quantitative estimate of drug-likeness (QED) is 0.288. The van der Waals surface area contributed by atoms with Gasteiger partial charge in [-0.15, -0.1) is 0 Å². The topological polar surface area (TPSA) is 100 Å². The van der Waals surface area contributed by atoms with E-state index < -0.39 is 5.91 Å². The first-order valence-electron chi connectivity index (χ1n) is 10.7. The Morgan fingerprint density at radius 1 is 1.09 bits per heavy atom. The van der Waals surface area contributed by atoms with Gasteiger partial charge in [0.15, 0.2) is 18.1 Å². The van der Waals surface area contributed by atoms with Gasteiger partial charge in [0.2, 0.25) is 0 Å². The van der Waals surface area contributed by atoms with E-state index in [1.165, 1.54) is 13.2 Å². The molecule has 35 heavy (non-hydrogen) atoms. The van der Waals surface area contributed by atoms with Crippen LogP contribution in [0.1, 0.15) is 24.1 Å². The molecule has 0 saturated carbocycles. The Balaban J connectivity index is 1.72. The Kier molecular flexibility index (Phi) is 9.04. The minimum atomic E-state index is -0.489. The molecule has 0 aliphatic carbocycles. The molecule has 0 spiro atoms. The number of carbonyl (C=O) groups is 2. The van der Waals surface area contributed by atoms with E-state index in [2.05, 4.69) is 26.6 Å². The molecule has 2 amide bonds. The van der Waals surface area contributed by atoms with Crippen LogP contribution in [0, 0.1) is 11.3 Å². The lowest BCUT2D eigenvalue weighted by atomic mass is 10.1. The summed E-state index contributed by atoms with van der Waals surface area (Å²) in [6.45, 7) is 1.62. The average molecular weight is 534 g/mol. The largest absolute Gasteiger partial charge is 0.493 e. The van der Waals surface area contributed by atoms with Crippen LogP contribution in [0.5, 0.6) is 11.5 Å². The number of methoxy groups -OCH3 is 1. The molecular weight excluding hydrogens is 510 g/mol. The summed E-state index contributed by atoms with van der Waals surface area (Å²) in [5.41, 5.74) is 2.09. The third kappa shape index (κ3) is 7.19. The summed E-state index contributed by atoms with van der Waals surface area (Å²) >= 11 is 3.43. The van der Waals surface area contributed by atoms with Crippen LogP contribution in [-0.4, -0.2) is 25.5 Å². The number of halogens is 1. The number of para-hydroxylation sites is 1. The van der Waals surface area contributed by atoms with Crippen LogP contribution in [0.2, 0.25) is 0 Å². The Hall–Kier alpha value is -4.09. The smallest absolute Gasteiger partial charge is 0.262 e. The number of rotatable bonds is 9. The van der Waals surface area contributed by atoms with Crippen LogP contribution in [-0.2, 0) is 9.59 Å². The Bertz CT molecular complexity index is 1250. The van der Waals surface area contributed by atoms with Gasteiger partial charge in [-0.05, 0) is 64.3 Å². The van der Waals surface area contributed by atoms with Crippen molar-refractivity contribution < 1.29 is 19.1 Å². The molecular formula is C27H24BrN3O4. The van der Waals surface area contributed by atoms with Crippen LogP contribution in [0.3, 0.4) is 0 Å². The zero-order chi connectivity index (χ0) is 25.2. The van der Waals surface area contributed by atoms with Crippen LogP contribution in [0.15, 0.2) is 82.8 Å². The van der Waals surface area contributed by atoms with Crippen molar-refractivity contribution in [2.24, 2.45) is 0 Å². The molecule has 2 N–H and O–H groups in total. The molecule has 7 nitrogen and oxygen atoms in total. The minimum absolute atomic E-state index is 0.0577. The monoisotopic (exact) mass is 533 g/mol. The highest BCUT2D eigenvalue weighted by atomic mass is 79.9. The lowest BCUT2D eigenvalue weighted by molar-refractivity contribution is -0.118. The standard InChI is InChI=1S/C27H24BrN3O4/c1-18(20-9-5-3-6-10-20)30-27(33)21(16-29)13-19-14-23(28)26(24(15-19)34-2)35-17-25(32)31-22-11-7-4-8-12-22/h3-15,18H,17H2,1-2H3,(H,30,33)(H,31,32)/b21-13-/t18-/m1/s1. The Morgan fingerprint density at radius 3 is 2.37 bits per heavy atom. The zero-order valence-electron chi connectivity index (χ0n) is 19.2. The van der Waals surface area contributed by atoms with E-state index in [1.54, 1.807) is 24.3 Å². The normalized spacial score (nSPS) is 11.7. The van der Waals surface area contributed by atoms with E-state index >= 15 is 0 Å². The SMILES string of the molecule is COc1cc(/C=C(/C#N)C(=O)N[C@H](C)c2ccccc2)cc(Br)c1OCC(=O)Nc1ccccc1. The first-order valence-corrected chi connectivity index (χ1v) is 11.5. The predicted molar refractivity (Wildman–Crippen MR) is 138 cm³/mol. The van der Waals surface area contributed by atoms with E-state index in [1.807, 2.05) is 61.5 Å². The number of carbonyl (C=O) groups excluding carboxylic acids is 2. The maximum Gasteiger partial charge on any atom is 0.262 e. The van der Waals surface area contributed by atoms with E-state index in [9.17, 15) is 14.9 Å². The van der Waals surface area contributed by atoms with E-state index in [4.69, 9.17) is 9.47 Å². The molecule has 0 unspecified atom stereocenters. The third-order valence-electron chi connectivity index (χ3n) is 4.98. The van der Waals surface area contributed by atoms with Gasteiger partial charge in [-0.1, -0.05) is 48.5 Å². The molecule has 0 radical (unpaired) electrons. The van der Waals surface area contributed by atoms with Gasteiger partial charge in [-0.2, -0.15) is 5.26 Å². The van der Waals surface area contributed by atoms with Gasteiger partial charge in [0.1, 0.15) is 11.6 Å². The Morgan fingerprint density at radius 2 is 1.74 bits per heavy atom. The number of nitriles is 1. The highest BCUT2D eigenvalue weighted by Crippen LogP contribution is 2.37. The molecule has 1 atom stereocenters. The average Bonchev–Trinajstić information content (AvgIpc) is 2.87. The van der Waals surface area contributed by atoms with E-state index in [0.717, 1.165) is 5.56 Å². The van der Waals surface area contributed by atoms with Crippen molar-refractivity contribution in [1.29, 1.82) is 5.26 Å². The number of amides is 2. The zero-order valence-corrected chi connectivity index (χ0v) is 20.8. The van der Waals surface area contributed by atoms with Gasteiger partial charge >= 0.3 is 0 Å². The molecule has 3 aromatic carbocycles. The molecule has 0 bridgehead atoms. The summed E-state index contributed by atoms with van der Waals surface area (Å²) in [5.74, 6) is -0.149. The van der Waals surface area contributed by atoms with Crippen LogP contribution in [0.25, 0.3) is 6.08 Å². The molecule has 0 heterocycles. The number of anilines is 1. The lowest BCUT2D eigenvalue weighted by Crippen LogP contribution is -2.27. The third-order valence-corrected chi connectivity index (χ3v) is 5.57. The summed E-state index contributed by atoms with van der Waals surface area (Å²) in [5, 5.41) is 15.1. The molecule has 0 aromatic heterocycles. The van der Waals surface area contributed by atoms with Crippen molar-refractivity contribution in [3.63, 3.8) is 0 Å². The number of nitrogens with one attached hydrogen (secondary N) is 2. The maximum atomic E-state index is 12.7. The van der Waals surface area contributed by atoms with Crippen molar-refractivity contribution in [2.75, 3.05) is 19.0 Å². The van der Waals surface area contributed by atoms with Crippen LogP contribution >= 0.6 is 15.9 Å². The summed E-state index contributed by atoms with van der Waals surface area (Å²) in [7, 11) is 1.46. The molecule has 0 aliphatic heterocycles. The van der Waals surface area contributed by atoms with Crippen molar-refractivity contribution in [3.8, 4) is 17.6 Å². The summed E-state index contributed by atoms with van der Waals surface area (Å²) < 4.78 is 11.6. The van der Waals surface area contributed by atoms with Crippen molar-refractivity contribution in [2.45, 2.75) is 13.0 Å². The van der Waals surface area contributed by atoms with Gasteiger partial charge in [-0.3, -0.25) is 9.59 Å². The molecule has 178 valence electrons. The van der Waals surface area contributed by atoms with Crippen LogP contribution in [0.4, 0.5) is 5.69 Å². The van der Waals surface area contributed by atoms with Gasteiger partial charge in [0.25, 0.3) is 11.8 Å². The molecule has 3 aromatic rings. The second kappa shape index (κ2) is 12.4. The van der Waals surface area contributed by atoms with Gasteiger partial charge < -0.3 is 20.1 Å². The molecule has 0 aliphatic rings. The first-order chi connectivity index (χ1) is 16.9. The number of hydrogen-bond acceptors (Lipinski definition) is 5. The number of nitrogens with zero attached hydrogens (tertiary/aromatic N) is 1. The Labute approximate surface area is 212 Å². The fourth-order valence-electron chi connectivity index (χ4n) is 3.23. The minimum Gasteiger partial charge on any atom is -0.493 e.